The molecule has 0 spiro atoms. The lowest BCUT2D eigenvalue weighted by atomic mass is 9.91. The highest BCUT2D eigenvalue weighted by atomic mass is 79.9. The van der Waals surface area contributed by atoms with Gasteiger partial charge in [0, 0.05) is 8.95 Å². The quantitative estimate of drug-likeness (QED) is 0.265. The van der Waals surface area contributed by atoms with Crippen LogP contribution >= 0.6 is 31.9 Å². The highest BCUT2D eigenvalue weighted by Gasteiger charge is 2.10. The topological polar surface area (TPSA) is 0 Å². The maximum absolute atomic E-state index is 3.61. The van der Waals surface area contributed by atoms with E-state index in [-0.39, 0.29) is 0 Å². The van der Waals surface area contributed by atoms with Crippen molar-refractivity contribution in [3.63, 3.8) is 0 Å². The summed E-state index contributed by atoms with van der Waals surface area (Å²) in [6.07, 6.45) is 0. The molecule has 0 amide bonds. The van der Waals surface area contributed by atoms with Gasteiger partial charge in [-0.2, -0.15) is 0 Å². The van der Waals surface area contributed by atoms with Crippen molar-refractivity contribution in [2.24, 2.45) is 0 Å². The minimum Gasteiger partial charge on any atom is -0.0532 e. The zero-order valence-electron chi connectivity index (χ0n) is 12.4. The number of hydrogen-bond donors (Lipinski definition) is 0. The normalized spacial score (nSPS) is 11.6. The van der Waals surface area contributed by atoms with Gasteiger partial charge in [-0.1, -0.05) is 56.1 Å². The van der Waals surface area contributed by atoms with Crippen LogP contribution in [0.3, 0.4) is 0 Å². The van der Waals surface area contributed by atoms with Crippen LogP contribution in [0.5, 0.6) is 0 Å². The Morgan fingerprint density at radius 2 is 1.27 bits per heavy atom. The lowest BCUT2D eigenvalue weighted by Gasteiger charge is -2.13. The van der Waals surface area contributed by atoms with Gasteiger partial charge in [-0.15, -0.1) is 0 Å². The molecule has 0 unspecified atom stereocenters. The van der Waals surface area contributed by atoms with E-state index in [2.05, 4.69) is 94.2 Å². The van der Waals surface area contributed by atoms with Gasteiger partial charge in [0.15, 0.2) is 0 Å². The fraction of sp³-hybridized carbons (Fsp3) is 0.100. The maximum Gasteiger partial charge on any atom is 0.0181 e. The molecule has 4 aromatic rings. The van der Waals surface area contributed by atoms with Crippen molar-refractivity contribution in [1.82, 2.24) is 0 Å². The number of aryl methyl sites for hydroxylation is 2. The van der Waals surface area contributed by atoms with E-state index >= 15 is 0 Å². The van der Waals surface area contributed by atoms with Gasteiger partial charge < -0.3 is 0 Å². The van der Waals surface area contributed by atoms with Gasteiger partial charge in [-0.25, -0.2) is 0 Å². The average Bonchev–Trinajstić information content (AvgIpc) is 2.48. The van der Waals surface area contributed by atoms with Crippen molar-refractivity contribution in [2.45, 2.75) is 13.8 Å². The van der Waals surface area contributed by atoms with E-state index < -0.39 is 0 Å². The van der Waals surface area contributed by atoms with E-state index in [1.165, 1.54) is 43.4 Å². The molecule has 0 aromatic heterocycles. The number of benzene rings is 4. The molecule has 0 bridgehead atoms. The summed E-state index contributed by atoms with van der Waals surface area (Å²) < 4.78 is 2.25. The van der Waals surface area contributed by atoms with Gasteiger partial charge in [0.2, 0.25) is 0 Å². The summed E-state index contributed by atoms with van der Waals surface area (Å²) in [5, 5.41) is 7.95. The molecule has 0 N–H and O–H groups in total. The minimum atomic E-state index is 1.12. The third-order valence-electron chi connectivity index (χ3n) is 4.38. The summed E-state index contributed by atoms with van der Waals surface area (Å²) in [7, 11) is 0. The smallest absolute Gasteiger partial charge is 0.0181 e. The van der Waals surface area contributed by atoms with Crippen molar-refractivity contribution in [3.8, 4) is 0 Å². The molecule has 0 aliphatic rings. The Hall–Kier alpha value is -1.38. The van der Waals surface area contributed by atoms with Crippen LogP contribution in [-0.2, 0) is 0 Å². The van der Waals surface area contributed by atoms with E-state index in [9.17, 15) is 0 Å². The van der Waals surface area contributed by atoms with Gasteiger partial charge in [0.25, 0.3) is 0 Å². The zero-order valence-corrected chi connectivity index (χ0v) is 15.5. The molecule has 0 nitrogen and oxygen atoms in total. The summed E-state index contributed by atoms with van der Waals surface area (Å²) in [5.74, 6) is 0. The molecular weight excluding hydrogens is 400 g/mol. The summed E-state index contributed by atoms with van der Waals surface area (Å²) >= 11 is 7.20. The molecule has 0 fully saturated rings. The van der Waals surface area contributed by atoms with Crippen molar-refractivity contribution in [1.29, 1.82) is 0 Å². The average molecular weight is 414 g/mol. The van der Waals surface area contributed by atoms with Crippen molar-refractivity contribution >= 4 is 64.2 Å². The van der Waals surface area contributed by atoms with Crippen LogP contribution in [0.15, 0.2) is 57.5 Å². The fourth-order valence-corrected chi connectivity index (χ4v) is 4.12. The van der Waals surface area contributed by atoms with Crippen LogP contribution in [0.25, 0.3) is 32.3 Å². The molecule has 108 valence electrons. The van der Waals surface area contributed by atoms with Crippen molar-refractivity contribution in [2.75, 3.05) is 0 Å². The van der Waals surface area contributed by atoms with Crippen molar-refractivity contribution < 1.29 is 0 Å². The van der Waals surface area contributed by atoms with E-state index in [1.54, 1.807) is 0 Å². The first-order valence-electron chi connectivity index (χ1n) is 7.26. The molecular formula is C20H14Br2. The third kappa shape index (κ3) is 2.09. The molecule has 0 saturated heterocycles. The standard InChI is InChI=1S/C20H14Br2/c1-11-8-19-18-10-14(21)4-3-13(18)7-12(2)20(19)16-6-5-15(22)9-17(11)16/h3-10H,1-2H3. The third-order valence-corrected chi connectivity index (χ3v) is 5.36. The Morgan fingerprint density at radius 3 is 2.05 bits per heavy atom. The molecule has 0 saturated carbocycles. The number of fused-ring (bicyclic) bond motifs is 5. The van der Waals surface area contributed by atoms with E-state index in [4.69, 9.17) is 0 Å². The number of rotatable bonds is 0. The minimum absolute atomic E-state index is 1.12. The molecule has 0 aliphatic heterocycles. The van der Waals surface area contributed by atoms with Crippen LogP contribution in [0, 0.1) is 13.8 Å². The second-order valence-corrected chi connectivity index (χ2v) is 7.70. The predicted molar refractivity (Wildman–Crippen MR) is 104 cm³/mol. The Balaban J connectivity index is 2.33. The number of hydrogen-bond acceptors (Lipinski definition) is 0. The SMILES string of the molecule is Cc1cc2c3cc(Br)ccc3cc(C)c2c2ccc(Br)cc12. The van der Waals surface area contributed by atoms with Crippen LogP contribution in [0.4, 0.5) is 0 Å². The summed E-state index contributed by atoms with van der Waals surface area (Å²) in [6.45, 7) is 4.40. The zero-order chi connectivity index (χ0) is 15.4. The first kappa shape index (κ1) is 14.2. The van der Waals surface area contributed by atoms with Crippen LogP contribution in [0.1, 0.15) is 11.1 Å². The molecule has 4 rings (SSSR count). The van der Waals surface area contributed by atoms with Crippen LogP contribution in [-0.4, -0.2) is 0 Å². The second kappa shape index (κ2) is 5.07. The number of halogens is 2. The van der Waals surface area contributed by atoms with Gasteiger partial charge in [-0.3, -0.25) is 0 Å². The molecule has 22 heavy (non-hydrogen) atoms. The summed E-state index contributed by atoms with van der Waals surface area (Å²) in [4.78, 5) is 0. The fourth-order valence-electron chi connectivity index (χ4n) is 3.40. The first-order valence-corrected chi connectivity index (χ1v) is 8.84. The molecule has 0 heterocycles. The van der Waals surface area contributed by atoms with Gasteiger partial charge in [0.05, 0.1) is 0 Å². The molecule has 0 radical (unpaired) electrons. The van der Waals surface area contributed by atoms with Gasteiger partial charge in [-0.05, 0) is 81.6 Å². The monoisotopic (exact) mass is 412 g/mol. The van der Waals surface area contributed by atoms with E-state index in [1.807, 2.05) is 0 Å². The highest BCUT2D eigenvalue weighted by Crippen LogP contribution is 2.37. The predicted octanol–water partition coefficient (Wildman–Crippen LogP) is 7.29. The molecule has 0 aliphatic carbocycles. The van der Waals surface area contributed by atoms with Gasteiger partial charge >= 0.3 is 0 Å². The lowest BCUT2D eigenvalue weighted by Crippen LogP contribution is -1.88. The lowest BCUT2D eigenvalue weighted by molar-refractivity contribution is 1.52. The molecule has 4 aromatic carbocycles. The Labute approximate surface area is 146 Å². The maximum atomic E-state index is 3.61. The largest absolute Gasteiger partial charge is 0.0532 e. The summed E-state index contributed by atoms with van der Waals surface area (Å²) in [6, 6.07) is 17.7. The van der Waals surface area contributed by atoms with E-state index in [0.717, 1.165) is 8.95 Å². The Bertz CT molecular complexity index is 1060. The molecule has 0 atom stereocenters. The Morgan fingerprint density at radius 1 is 0.591 bits per heavy atom. The van der Waals surface area contributed by atoms with Crippen molar-refractivity contribution in [3.05, 3.63) is 68.6 Å². The van der Waals surface area contributed by atoms with E-state index in [0.29, 0.717) is 0 Å². The first-order chi connectivity index (χ1) is 10.5. The Kier molecular flexibility index (Phi) is 3.28. The van der Waals surface area contributed by atoms with Crippen LogP contribution in [0.2, 0.25) is 0 Å². The highest BCUT2D eigenvalue weighted by molar-refractivity contribution is 9.10. The van der Waals surface area contributed by atoms with Crippen LogP contribution < -0.4 is 0 Å². The summed E-state index contributed by atoms with van der Waals surface area (Å²) in [5.41, 5.74) is 2.65. The van der Waals surface area contributed by atoms with Gasteiger partial charge in [0.1, 0.15) is 0 Å². The second-order valence-electron chi connectivity index (χ2n) is 5.86. The molecule has 2 heteroatoms.